The number of nitrogens with zero attached hydrogens (tertiary/aromatic N) is 2. The van der Waals surface area contributed by atoms with Crippen LogP contribution in [0.4, 0.5) is 0 Å². The summed E-state index contributed by atoms with van der Waals surface area (Å²) < 4.78 is 0. The van der Waals surface area contributed by atoms with Crippen LogP contribution in [0.3, 0.4) is 0 Å². The molecule has 2 amide bonds. The monoisotopic (exact) mass is 448 g/mol. The van der Waals surface area contributed by atoms with Crippen LogP contribution in [0, 0.1) is 11.8 Å². The smallest absolute Gasteiger partial charge is 0.225 e. The summed E-state index contributed by atoms with van der Waals surface area (Å²) in [4.78, 5) is 31.0. The Hall–Kier alpha value is -1.14. The van der Waals surface area contributed by atoms with Crippen LogP contribution < -0.4 is 10.6 Å². The van der Waals surface area contributed by atoms with E-state index in [1.54, 1.807) is 0 Å². The number of carbonyl (C=O) groups is 2. The number of likely N-dealkylation sites (tertiary alicyclic amines) is 2. The Kier molecular flexibility index (Phi) is 6.58. The van der Waals surface area contributed by atoms with Crippen molar-refractivity contribution in [1.82, 2.24) is 20.4 Å². The van der Waals surface area contributed by atoms with Crippen LogP contribution in [-0.2, 0) is 9.59 Å². The van der Waals surface area contributed by atoms with E-state index in [1.807, 2.05) is 0 Å². The number of rotatable bonds is 4. The van der Waals surface area contributed by atoms with Crippen molar-refractivity contribution in [3.05, 3.63) is 0 Å². The van der Waals surface area contributed by atoms with E-state index in [0.29, 0.717) is 0 Å². The van der Waals surface area contributed by atoms with E-state index in [9.17, 15) is 9.59 Å². The van der Waals surface area contributed by atoms with Gasteiger partial charge in [-0.3, -0.25) is 19.4 Å². The molecule has 2 aliphatic heterocycles. The van der Waals surface area contributed by atoms with Crippen molar-refractivity contribution in [3.63, 3.8) is 0 Å². The van der Waals surface area contributed by atoms with Gasteiger partial charge in [-0.2, -0.15) is 0 Å². The third-order valence-corrected chi connectivity index (χ3v) is 9.71. The molecule has 2 atom stereocenters. The number of carbonyl (C=O) groups excluding carboxylic acids is 2. The molecule has 0 aromatic rings. The summed E-state index contributed by atoms with van der Waals surface area (Å²) in [6.07, 6.45) is 5.50. The Morgan fingerprint density at radius 1 is 0.625 bits per heavy atom. The summed E-state index contributed by atoms with van der Waals surface area (Å²) in [5, 5.41) is 6.70. The van der Waals surface area contributed by atoms with Crippen molar-refractivity contribution >= 4 is 11.8 Å². The average Bonchev–Trinajstić information content (AvgIpc) is 2.96. The molecular formula is C26H48N4O2. The summed E-state index contributed by atoms with van der Waals surface area (Å²) in [5.74, 6) is 0.394. The molecule has 3 rings (SSSR count). The van der Waals surface area contributed by atoms with E-state index in [-0.39, 0.29) is 57.9 Å². The first kappa shape index (κ1) is 25.5. The van der Waals surface area contributed by atoms with Gasteiger partial charge >= 0.3 is 0 Å². The van der Waals surface area contributed by atoms with Crippen molar-refractivity contribution in [1.29, 1.82) is 0 Å². The summed E-state index contributed by atoms with van der Waals surface area (Å²) in [6, 6.07) is 0.432. The minimum absolute atomic E-state index is 0.00451. The predicted molar refractivity (Wildman–Crippen MR) is 130 cm³/mol. The maximum absolute atomic E-state index is 13.1. The first-order valence-corrected chi connectivity index (χ1v) is 12.6. The van der Waals surface area contributed by atoms with Crippen LogP contribution >= 0.6 is 0 Å². The molecule has 0 aromatic heterocycles. The molecule has 6 nitrogen and oxygen atoms in total. The lowest BCUT2D eigenvalue weighted by atomic mass is 9.84. The van der Waals surface area contributed by atoms with Gasteiger partial charge < -0.3 is 10.6 Å². The van der Waals surface area contributed by atoms with Crippen molar-refractivity contribution < 1.29 is 9.59 Å². The van der Waals surface area contributed by atoms with Gasteiger partial charge in [-0.25, -0.2) is 0 Å². The molecular weight excluding hydrogens is 400 g/mol. The highest BCUT2D eigenvalue weighted by molar-refractivity contribution is 5.81. The van der Waals surface area contributed by atoms with Crippen LogP contribution in [-0.4, -0.2) is 69.9 Å². The largest absolute Gasteiger partial charge is 0.353 e. The van der Waals surface area contributed by atoms with Crippen molar-refractivity contribution in [3.8, 4) is 0 Å². The molecule has 32 heavy (non-hydrogen) atoms. The van der Waals surface area contributed by atoms with Gasteiger partial charge in [0, 0.05) is 34.2 Å². The maximum Gasteiger partial charge on any atom is 0.225 e. The zero-order valence-corrected chi connectivity index (χ0v) is 22.3. The van der Waals surface area contributed by atoms with E-state index in [0.717, 1.165) is 38.5 Å². The first-order chi connectivity index (χ1) is 14.5. The molecule has 0 radical (unpaired) electrons. The predicted octanol–water partition coefficient (Wildman–Crippen LogP) is 3.55. The third kappa shape index (κ3) is 4.46. The minimum Gasteiger partial charge on any atom is -0.353 e. The summed E-state index contributed by atoms with van der Waals surface area (Å²) in [7, 11) is 4.26. The highest BCUT2D eigenvalue weighted by atomic mass is 16.2. The SMILES string of the molecule is CN1C(C)(C)CC(C(=O)NC2CCC(NC(=O)C3CC(C)(C)N(C)C3(C)C)CC2)C1(C)C. The fourth-order valence-electron chi connectivity index (χ4n) is 6.61. The van der Waals surface area contributed by atoms with Gasteiger partial charge in [-0.1, -0.05) is 0 Å². The van der Waals surface area contributed by atoms with E-state index in [1.165, 1.54) is 0 Å². The Balaban J connectivity index is 1.51. The molecule has 0 aromatic carbocycles. The number of hydrogen-bond acceptors (Lipinski definition) is 4. The van der Waals surface area contributed by atoms with Crippen molar-refractivity contribution in [2.45, 2.75) is 128 Å². The molecule has 2 N–H and O–H groups in total. The summed E-state index contributed by atoms with van der Waals surface area (Å²) in [5.41, 5.74) is -0.226. The van der Waals surface area contributed by atoms with Gasteiger partial charge in [0.05, 0.1) is 11.8 Å². The molecule has 1 saturated carbocycles. The molecule has 2 heterocycles. The fraction of sp³-hybridized carbons (Fsp3) is 0.923. The number of amides is 2. The third-order valence-electron chi connectivity index (χ3n) is 9.71. The lowest BCUT2D eigenvalue weighted by molar-refractivity contribution is -0.129. The second-order valence-electron chi connectivity index (χ2n) is 13.1. The maximum atomic E-state index is 13.1. The second kappa shape index (κ2) is 8.26. The van der Waals surface area contributed by atoms with Crippen LogP contribution in [0.25, 0.3) is 0 Å². The Labute approximate surface area is 196 Å². The van der Waals surface area contributed by atoms with Gasteiger partial charge in [-0.05, 0) is 108 Å². The first-order valence-electron chi connectivity index (χ1n) is 12.6. The second-order valence-corrected chi connectivity index (χ2v) is 13.1. The summed E-state index contributed by atoms with van der Waals surface area (Å²) in [6.45, 7) is 17.6. The van der Waals surface area contributed by atoms with Crippen molar-refractivity contribution in [2.24, 2.45) is 11.8 Å². The minimum atomic E-state index is -0.145. The van der Waals surface area contributed by atoms with Crippen molar-refractivity contribution in [2.75, 3.05) is 14.1 Å². The van der Waals surface area contributed by atoms with E-state index >= 15 is 0 Å². The van der Waals surface area contributed by atoms with Gasteiger partial charge in [-0.15, -0.1) is 0 Å². The Morgan fingerprint density at radius 2 is 0.906 bits per heavy atom. The molecule has 6 heteroatoms. The molecule has 2 unspecified atom stereocenters. The molecule has 1 aliphatic carbocycles. The lowest BCUT2D eigenvalue weighted by Crippen LogP contribution is -2.52. The molecule has 0 spiro atoms. The summed E-state index contributed by atoms with van der Waals surface area (Å²) >= 11 is 0. The molecule has 3 fully saturated rings. The molecule has 184 valence electrons. The van der Waals surface area contributed by atoms with Crippen LogP contribution in [0.5, 0.6) is 0 Å². The molecule has 0 bridgehead atoms. The van der Waals surface area contributed by atoms with Gasteiger partial charge in [0.25, 0.3) is 0 Å². The van der Waals surface area contributed by atoms with E-state index < -0.39 is 0 Å². The highest BCUT2D eigenvalue weighted by Crippen LogP contribution is 2.45. The topological polar surface area (TPSA) is 64.7 Å². The average molecular weight is 449 g/mol. The number of hydrogen-bond donors (Lipinski definition) is 2. The highest BCUT2D eigenvalue weighted by Gasteiger charge is 2.53. The van der Waals surface area contributed by atoms with Crippen LogP contribution in [0.1, 0.15) is 93.9 Å². The van der Waals surface area contributed by atoms with E-state index in [2.05, 4.69) is 89.9 Å². The quantitative estimate of drug-likeness (QED) is 0.690. The van der Waals surface area contributed by atoms with Crippen LogP contribution in [0.15, 0.2) is 0 Å². The van der Waals surface area contributed by atoms with Gasteiger partial charge in [0.15, 0.2) is 0 Å². The van der Waals surface area contributed by atoms with Gasteiger partial charge in [0.1, 0.15) is 0 Å². The molecule has 2 saturated heterocycles. The molecule has 3 aliphatic rings. The zero-order chi connectivity index (χ0) is 24.3. The van der Waals surface area contributed by atoms with Crippen LogP contribution in [0.2, 0.25) is 0 Å². The standard InChI is InChI=1S/C26H48N4O2/c1-23(2)15-19(25(5,6)29(23)9)21(31)27-17-11-13-18(14-12-17)28-22(32)20-16-24(3,4)30(10)26(20,7)8/h17-20H,11-16H2,1-10H3,(H,27,31)(H,28,32). The van der Waals surface area contributed by atoms with E-state index in [4.69, 9.17) is 0 Å². The zero-order valence-electron chi connectivity index (χ0n) is 22.3. The number of nitrogens with one attached hydrogen (secondary N) is 2. The Bertz CT molecular complexity index is 672. The Morgan fingerprint density at radius 3 is 1.12 bits per heavy atom. The normalized spacial score (nSPS) is 36.1. The lowest BCUT2D eigenvalue weighted by Gasteiger charge is -2.39. The van der Waals surface area contributed by atoms with Gasteiger partial charge in [0.2, 0.25) is 11.8 Å². The fourth-order valence-corrected chi connectivity index (χ4v) is 6.61.